The first-order chi connectivity index (χ1) is 8.85. The smallest absolute Gasteiger partial charge is 0.410 e. The van der Waals surface area contributed by atoms with Gasteiger partial charge in [-0.15, -0.1) is 0 Å². The zero-order valence-corrected chi connectivity index (χ0v) is 12.9. The van der Waals surface area contributed by atoms with E-state index in [4.69, 9.17) is 4.74 Å². The van der Waals surface area contributed by atoms with Crippen LogP contribution in [0.4, 0.5) is 4.79 Å². The van der Waals surface area contributed by atoms with E-state index in [-0.39, 0.29) is 17.4 Å². The predicted molar refractivity (Wildman–Crippen MR) is 79.4 cm³/mol. The van der Waals surface area contributed by atoms with Crippen molar-refractivity contribution < 1.29 is 9.53 Å². The Kier molecular flexibility index (Phi) is 4.33. The van der Waals surface area contributed by atoms with E-state index >= 15 is 0 Å². The van der Waals surface area contributed by atoms with Gasteiger partial charge >= 0.3 is 6.09 Å². The summed E-state index contributed by atoms with van der Waals surface area (Å²) in [7, 11) is 0. The summed E-state index contributed by atoms with van der Waals surface area (Å²) < 4.78 is 5.45. The van der Waals surface area contributed by atoms with E-state index in [1.165, 1.54) is 6.42 Å². The molecule has 2 rings (SSSR count). The molecule has 2 fully saturated rings. The van der Waals surface area contributed by atoms with Crippen LogP contribution in [0.3, 0.4) is 0 Å². The van der Waals surface area contributed by atoms with Gasteiger partial charge in [-0.05, 0) is 45.9 Å². The van der Waals surface area contributed by atoms with Crippen LogP contribution in [0.2, 0.25) is 0 Å². The first-order valence-electron chi connectivity index (χ1n) is 6.95. The quantitative estimate of drug-likeness (QED) is 0.791. The van der Waals surface area contributed by atoms with Crippen LogP contribution in [-0.2, 0) is 4.74 Å². The van der Waals surface area contributed by atoms with Gasteiger partial charge in [-0.25, -0.2) is 4.79 Å². The van der Waals surface area contributed by atoms with Crippen molar-refractivity contribution >= 4 is 18.7 Å². The number of hydrogen-bond donors (Lipinski definition) is 1. The molecule has 108 valence electrons. The highest BCUT2D eigenvalue weighted by molar-refractivity contribution is 7.81. The topological polar surface area (TPSA) is 32.8 Å². The molecule has 0 bridgehead atoms. The number of likely N-dealkylation sites (tertiary alicyclic amines) is 2. The highest BCUT2D eigenvalue weighted by Crippen LogP contribution is 2.25. The van der Waals surface area contributed by atoms with Crippen molar-refractivity contribution in [3.8, 4) is 0 Å². The molecule has 2 heterocycles. The molecule has 2 aliphatic rings. The molecule has 0 N–H and O–H groups in total. The van der Waals surface area contributed by atoms with Gasteiger partial charge in [0.25, 0.3) is 0 Å². The minimum Gasteiger partial charge on any atom is -0.444 e. The average Bonchev–Trinajstić information content (AvgIpc) is 2.55. The molecule has 4 nitrogen and oxygen atoms in total. The van der Waals surface area contributed by atoms with E-state index in [9.17, 15) is 4.79 Å². The number of hydrogen-bond acceptors (Lipinski definition) is 4. The van der Waals surface area contributed by atoms with Gasteiger partial charge in [0.15, 0.2) is 0 Å². The summed E-state index contributed by atoms with van der Waals surface area (Å²) in [5.41, 5.74) is -0.447. The lowest BCUT2D eigenvalue weighted by Gasteiger charge is -2.31. The number of carbonyl (C=O) groups is 1. The second-order valence-electron chi connectivity index (χ2n) is 6.32. The third kappa shape index (κ3) is 4.06. The van der Waals surface area contributed by atoms with Crippen LogP contribution >= 0.6 is 12.6 Å². The monoisotopic (exact) mass is 284 g/mol. The van der Waals surface area contributed by atoms with Crippen molar-refractivity contribution in [2.45, 2.75) is 50.5 Å². The second kappa shape index (κ2) is 5.65. The van der Waals surface area contributed by atoms with Crippen molar-refractivity contribution in [3.63, 3.8) is 0 Å². The number of amides is 1. The van der Waals surface area contributed by atoms with Gasteiger partial charge in [0.05, 0.1) is 6.04 Å². The van der Waals surface area contributed by atoms with Gasteiger partial charge in [0.2, 0.25) is 0 Å². The third-order valence-electron chi connectivity index (χ3n) is 3.36. The molecule has 0 spiro atoms. The van der Waals surface area contributed by atoms with E-state index in [0.717, 1.165) is 19.5 Å². The Bertz CT molecular complexity index is 361. The highest BCUT2D eigenvalue weighted by Gasteiger charge is 2.34. The predicted octanol–water partition coefficient (Wildman–Crippen LogP) is 2.51. The number of thiol groups is 1. The fourth-order valence-corrected chi connectivity index (χ4v) is 2.66. The van der Waals surface area contributed by atoms with E-state index in [1.807, 2.05) is 20.8 Å². The first kappa shape index (κ1) is 14.6. The van der Waals surface area contributed by atoms with Crippen LogP contribution in [0.25, 0.3) is 0 Å². The summed E-state index contributed by atoms with van der Waals surface area (Å²) >= 11 is 4.50. The largest absolute Gasteiger partial charge is 0.444 e. The van der Waals surface area contributed by atoms with Crippen LogP contribution in [0.15, 0.2) is 12.3 Å². The Labute approximate surface area is 121 Å². The molecule has 0 saturated carbocycles. The van der Waals surface area contributed by atoms with Crippen LogP contribution in [0, 0.1) is 0 Å². The van der Waals surface area contributed by atoms with E-state index in [2.05, 4.69) is 29.8 Å². The number of rotatable bonds is 2. The van der Waals surface area contributed by atoms with Crippen molar-refractivity contribution in [1.82, 2.24) is 9.80 Å². The Morgan fingerprint density at radius 2 is 2.05 bits per heavy atom. The second-order valence-corrected chi connectivity index (χ2v) is 7.05. The maximum atomic E-state index is 12.2. The minimum absolute atomic E-state index is 0.109. The SMILES string of the molecule is CC(C)(C)OC(=O)N1C[C@@H](S)C[C@H]1/C=C/N1CCC1. The summed E-state index contributed by atoms with van der Waals surface area (Å²) in [4.78, 5) is 16.2. The molecule has 2 atom stereocenters. The maximum Gasteiger partial charge on any atom is 0.410 e. The van der Waals surface area contributed by atoms with Crippen LogP contribution in [0.1, 0.15) is 33.6 Å². The number of carbonyl (C=O) groups excluding carboxylic acids is 1. The Morgan fingerprint density at radius 3 is 2.58 bits per heavy atom. The highest BCUT2D eigenvalue weighted by atomic mass is 32.1. The zero-order chi connectivity index (χ0) is 14.0. The van der Waals surface area contributed by atoms with Crippen molar-refractivity contribution in [1.29, 1.82) is 0 Å². The van der Waals surface area contributed by atoms with Gasteiger partial charge in [-0.1, -0.05) is 0 Å². The Hall–Kier alpha value is -0.840. The molecule has 19 heavy (non-hydrogen) atoms. The fraction of sp³-hybridized carbons (Fsp3) is 0.786. The van der Waals surface area contributed by atoms with Crippen molar-refractivity contribution in [2.75, 3.05) is 19.6 Å². The Morgan fingerprint density at radius 1 is 1.37 bits per heavy atom. The molecular weight excluding hydrogens is 260 g/mol. The lowest BCUT2D eigenvalue weighted by molar-refractivity contribution is 0.0255. The molecule has 1 amide bonds. The number of nitrogens with zero attached hydrogens (tertiary/aromatic N) is 2. The minimum atomic E-state index is -0.447. The standard InChI is InChI=1S/C14H24N2O2S/c1-14(2,3)18-13(17)16-10-12(19)9-11(16)5-8-15-6-4-7-15/h5,8,11-12,19H,4,6-7,9-10H2,1-3H3/b8-5+/t11-,12+/m1/s1. The van der Waals surface area contributed by atoms with Crippen LogP contribution in [0.5, 0.6) is 0 Å². The summed E-state index contributed by atoms with van der Waals surface area (Å²) in [5.74, 6) is 0. The molecule has 2 aliphatic heterocycles. The summed E-state index contributed by atoms with van der Waals surface area (Å²) in [5, 5.41) is 0.235. The lowest BCUT2D eigenvalue weighted by Crippen LogP contribution is -2.40. The molecule has 0 aromatic carbocycles. The van der Waals surface area contributed by atoms with E-state index < -0.39 is 5.60 Å². The fourth-order valence-electron chi connectivity index (χ4n) is 2.27. The van der Waals surface area contributed by atoms with Gasteiger partial charge in [0, 0.05) is 24.9 Å². The van der Waals surface area contributed by atoms with E-state index in [1.54, 1.807) is 4.90 Å². The first-order valence-corrected chi connectivity index (χ1v) is 7.47. The van der Waals surface area contributed by atoms with Crippen LogP contribution < -0.4 is 0 Å². The molecule has 0 unspecified atom stereocenters. The molecule has 2 saturated heterocycles. The van der Waals surface area contributed by atoms with E-state index in [0.29, 0.717) is 6.54 Å². The molecule has 0 radical (unpaired) electrons. The summed E-state index contributed by atoms with van der Waals surface area (Å²) in [6.07, 6.45) is 6.14. The molecule has 0 aliphatic carbocycles. The summed E-state index contributed by atoms with van der Waals surface area (Å²) in [6.45, 7) is 8.59. The number of ether oxygens (including phenoxy) is 1. The van der Waals surface area contributed by atoms with Gasteiger partial charge in [-0.2, -0.15) is 12.6 Å². The van der Waals surface area contributed by atoms with Gasteiger partial charge in [0.1, 0.15) is 5.60 Å². The molecular formula is C14H24N2O2S. The van der Waals surface area contributed by atoms with Gasteiger partial charge < -0.3 is 14.5 Å². The normalized spacial score (nSPS) is 27.8. The molecule has 0 aromatic rings. The average molecular weight is 284 g/mol. The molecule has 0 aromatic heterocycles. The summed E-state index contributed by atoms with van der Waals surface area (Å²) in [6, 6.07) is 0.109. The zero-order valence-electron chi connectivity index (χ0n) is 12.0. The van der Waals surface area contributed by atoms with Crippen molar-refractivity contribution in [3.05, 3.63) is 12.3 Å². The maximum absolute atomic E-state index is 12.2. The van der Waals surface area contributed by atoms with Crippen LogP contribution in [-0.4, -0.2) is 52.4 Å². The van der Waals surface area contributed by atoms with Crippen molar-refractivity contribution in [2.24, 2.45) is 0 Å². The third-order valence-corrected chi connectivity index (χ3v) is 3.73. The lowest BCUT2D eigenvalue weighted by atomic mass is 10.2. The molecule has 5 heteroatoms. The Balaban J connectivity index is 1.96. The van der Waals surface area contributed by atoms with Gasteiger partial charge in [-0.3, -0.25) is 0 Å².